The van der Waals surface area contributed by atoms with E-state index >= 15 is 0 Å². The predicted molar refractivity (Wildman–Crippen MR) is 129 cm³/mol. The van der Waals surface area contributed by atoms with Crippen molar-refractivity contribution in [2.45, 2.75) is 48.8 Å². The maximum Gasteiger partial charge on any atom is 0.134 e. The monoisotopic (exact) mass is 459 g/mol. The van der Waals surface area contributed by atoms with Crippen LogP contribution in [0.3, 0.4) is 0 Å². The third kappa shape index (κ3) is 5.23. The second-order valence-electron chi connectivity index (χ2n) is 8.65. The molecule has 4 rings (SSSR count). The van der Waals surface area contributed by atoms with E-state index in [0.717, 1.165) is 53.4 Å². The highest BCUT2D eigenvalue weighted by Gasteiger charge is 2.43. The fraction of sp³-hybridized carbons (Fsp3) is 0.480. The van der Waals surface area contributed by atoms with Gasteiger partial charge in [0.15, 0.2) is 0 Å². The summed E-state index contributed by atoms with van der Waals surface area (Å²) in [5.74, 6) is 2.27. The molecule has 1 fully saturated rings. The molecule has 0 bridgehead atoms. The minimum atomic E-state index is -0.277. The van der Waals surface area contributed by atoms with Crippen LogP contribution in [-0.2, 0) is 4.79 Å². The largest absolute Gasteiger partial charge is 0.491 e. The van der Waals surface area contributed by atoms with Crippen molar-refractivity contribution in [2.24, 2.45) is 11.3 Å². The lowest BCUT2D eigenvalue weighted by atomic mass is 10.0. The van der Waals surface area contributed by atoms with Gasteiger partial charge in [-0.1, -0.05) is 19.8 Å². The van der Waals surface area contributed by atoms with Gasteiger partial charge in [-0.25, -0.2) is 4.39 Å². The van der Waals surface area contributed by atoms with Gasteiger partial charge in [0.1, 0.15) is 24.5 Å². The van der Waals surface area contributed by atoms with Gasteiger partial charge in [-0.15, -0.1) is 23.5 Å². The topological polar surface area (TPSA) is 29.5 Å². The number of thioether (sulfide) groups is 2. The number of nitrogens with zero attached hydrogens (tertiary/aromatic N) is 1. The minimum absolute atomic E-state index is 0.214. The van der Waals surface area contributed by atoms with E-state index in [1.54, 1.807) is 11.8 Å². The van der Waals surface area contributed by atoms with Gasteiger partial charge in [0.2, 0.25) is 0 Å². The Morgan fingerprint density at radius 3 is 2.71 bits per heavy atom. The molecule has 1 saturated carbocycles. The highest BCUT2D eigenvalue weighted by atomic mass is 32.2. The van der Waals surface area contributed by atoms with Crippen LogP contribution in [-0.4, -0.2) is 31.4 Å². The molecule has 1 unspecified atom stereocenters. The van der Waals surface area contributed by atoms with Crippen molar-refractivity contribution in [3.8, 4) is 5.75 Å². The summed E-state index contributed by atoms with van der Waals surface area (Å²) in [6.45, 7) is 3.61. The Hall–Kier alpha value is -1.66. The number of carbonyl (C=O) groups is 1. The van der Waals surface area contributed by atoms with Crippen molar-refractivity contribution in [1.82, 2.24) is 0 Å². The number of halogens is 1. The molecule has 0 amide bonds. The molecule has 3 nitrogen and oxygen atoms in total. The summed E-state index contributed by atoms with van der Waals surface area (Å²) >= 11 is 3.54. The van der Waals surface area contributed by atoms with Gasteiger partial charge in [-0.05, 0) is 67.8 Å². The van der Waals surface area contributed by atoms with E-state index in [0.29, 0.717) is 12.5 Å². The van der Waals surface area contributed by atoms with E-state index in [1.165, 1.54) is 36.3 Å². The molecule has 31 heavy (non-hydrogen) atoms. The number of aldehydes is 1. The molecule has 1 heterocycles. The molecule has 1 aliphatic heterocycles. The molecule has 0 spiro atoms. The second kappa shape index (κ2) is 9.86. The Morgan fingerprint density at radius 1 is 1.29 bits per heavy atom. The predicted octanol–water partition coefficient (Wildman–Crippen LogP) is 6.96. The van der Waals surface area contributed by atoms with Crippen molar-refractivity contribution < 1.29 is 13.9 Å². The Kier molecular flexibility index (Phi) is 7.17. The molecule has 0 N–H and O–H groups in total. The van der Waals surface area contributed by atoms with Crippen molar-refractivity contribution in [2.75, 3.05) is 30.1 Å². The molecule has 2 aromatic rings. The molecule has 0 saturated heterocycles. The summed E-state index contributed by atoms with van der Waals surface area (Å²) in [4.78, 5) is 16.0. The van der Waals surface area contributed by atoms with E-state index in [2.05, 4.69) is 30.2 Å². The summed E-state index contributed by atoms with van der Waals surface area (Å²) in [7, 11) is 0. The van der Waals surface area contributed by atoms with Crippen molar-refractivity contribution >= 4 is 41.2 Å². The minimum Gasteiger partial charge on any atom is -0.491 e. The van der Waals surface area contributed by atoms with Gasteiger partial charge in [0.05, 0.1) is 16.0 Å². The van der Waals surface area contributed by atoms with Crippen LogP contribution in [0.1, 0.15) is 39.0 Å². The SMILES string of the molecule is CCCCC1CSc2cc(OCC3(C=O)CC3)c(SC)cc2N(c2ccc(F)cc2)C1. The lowest BCUT2D eigenvalue weighted by Crippen LogP contribution is -2.25. The third-order valence-electron chi connectivity index (χ3n) is 6.21. The Bertz CT molecular complexity index is 914. The standard InChI is InChI=1S/C25H30FNO2S2/c1-3-4-5-18-14-27(20-8-6-19(26)7-9-20)21-12-24(30-2)22(13-23(21)31-15-18)29-17-25(16-28)10-11-25/h6-9,12-13,16,18H,3-5,10-11,14-15,17H2,1-2H3. The average Bonchev–Trinajstić information content (AvgIpc) is 3.60. The van der Waals surface area contributed by atoms with Gasteiger partial charge in [0.25, 0.3) is 0 Å². The fourth-order valence-electron chi connectivity index (χ4n) is 3.96. The number of anilines is 2. The zero-order chi connectivity index (χ0) is 21.8. The Morgan fingerprint density at radius 2 is 2.06 bits per heavy atom. The maximum absolute atomic E-state index is 13.6. The molecule has 6 heteroatoms. The van der Waals surface area contributed by atoms with E-state index in [-0.39, 0.29) is 11.2 Å². The molecule has 0 radical (unpaired) electrons. The first-order valence-electron chi connectivity index (χ1n) is 11.0. The fourth-order valence-corrected chi connectivity index (χ4v) is 5.70. The number of unbranched alkanes of at least 4 members (excludes halogenated alkanes) is 1. The zero-order valence-electron chi connectivity index (χ0n) is 18.2. The van der Waals surface area contributed by atoms with Crippen molar-refractivity contribution in [3.63, 3.8) is 0 Å². The molecule has 1 aliphatic carbocycles. The normalized spacial score (nSPS) is 19.5. The number of hydrogen-bond acceptors (Lipinski definition) is 5. The highest BCUT2D eigenvalue weighted by molar-refractivity contribution is 7.99. The van der Waals surface area contributed by atoms with Crippen LogP contribution in [0.4, 0.5) is 15.8 Å². The number of carbonyl (C=O) groups excluding carboxylic acids is 1. The number of ether oxygens (including phenoxy) is 1. The first-order chi connectivity index (χ1) is 15.1. The smallest absolute Gasteiger partial charge is 0.134 e. The first kappa shape index (κ1) is 22.5. The van der Waals surface area contributed by atoms with Crippen molar-refractivity contribution in [1.29, 1.82) is 0 Å². The van der Waals surface area contributed by atoms with Crippen LogP contribution < -0.4 is 9.64 Å². The van der Waals surface area contributed by atoms with Gasteiger partial charge in [0, 0.05) is 22.9 Å². The van der Waals surface area contributed by atoms with Crippen LogP contribution >= 0.6 is 23.5 Å². The lowest BCUT2D eigenvalue weighted by Gasteiger charge is -2.28. The number of hydrogen-bond donors (Lipinski definition) is 0. The van der Waals surface area contributed by atoms with Gasteiger partial charge in [-0.3, -0.25) is 0 Å². The summed E-state index contributed by atoms with van der Waals surface area (Å²) in [6.07, 6.45) is 8.55. The number of benzene rings is 2. The zero-order valence-corrected chi connectivity index (χ0v) is 19.9. The maximum atomic E-state index is 13.6. The quantitative estimate of drug-likeness (QED) is 0.299. The highest BCUT2D eigenvalue weighted by Crippen LogP contribution is 2.47. The first-order valence-corrected chi connectivity index (χ1v) is 13.3. The van der Waals surface area contributed by atoms with Crippen LogP contribution in [0, 0.1) is 17.2 Å². The molecule has 166 valence electrons. The second-order valence-corrected chi connectivity index (χ2v) is 10.6. The number of rotatable bonds is 9. The molecule has 1 atom stereocenters. The van der Waals surface area contributed by atoms with E-state index in [4.69, 9.17) is 4.74 Å². The van der Waals surface area contributed by atoms with Crippen LogP contribution in [0.2, 0.25) is 0 Å². The molecular formula is C25H30FNO2S2. The molecular weight excluding hydrogens is 429 g/mol. The van der Waals surface area contributed by atoms with E-state index in [9.17, 15) is 9.18 Å². The van der Waals surface area contributed by atoms with Crippen LogP contribution in [0.25, 0.3) is 0 Å². The molecule has 2 aromatic carbocycles. The van der Waals surface area contributed by atoms with Gasteiger partial charge < -0.3 is 14.4 Å². The number of fused-ring (bicyclic) bond motifs is 1. The molecule has 2 aliphatic rings. The van der Waals surface area contributed by atoms with Gasteiger partial charge >= 0.3 is 0 Å². The van der Waals surface area contributed by atoms with Crippen LogP contribution in [0.15, 0.2) is 46.2 Å². The summed E-state index contributed by atoms with van der Waals surface area (Å²) < 4.78 is 19.8. The van der Waals surface area contributed by atoms with Crippen molar-refractivity contribution in [3.05, 3.63) is 42.2 Å². The van der Waals surface area contributed by atoms with E-state index < -0.39 is 0 Å². The average molecular weight is 460 g/mol. The third-order valence-corrected chi connectivity index (χ3v) is 8.25. The Labute approximate surface area is 193 Å². The Balaban J connectivity index is 1.67. The van der Waals surface area contributed by atoms with Gasteiger partial charge in [-0.2, -0.15) is 0 Å². The molecule has 0 aromatic heterocycles. The summed E-state index contributed by atoms with van der Waals surface area (Å²) in [5.41, 5.74) is 1.90. The van der Waals surface area contributed by atoms with Crippen LogP contribution in [0.5, 0.6) is 5.75 Å². The summed E-state index contributed by atoms with van der Waals surface area (Å²) in [6, 6.07) is 11.2. The van der Waals surface area contributed by atoms with E-state index in [1.807, 2.05) is 23.9 Å². The lowest BCUT2D eigenvalue weighted by molar-refractivity contribution is -0.113. The summed E-state index contributed by atoms with van der Waals surface area (Å²) in [5, 5.41) is 0.